The summed E-state index contributed by atoms with van der Waals surface area (Å²) < 4.78 is 27.2. The first-order valence-corrected chi connectivity index (χ1v) is 7.71. The Labute approximate surface area is 142 Å². The molecule has 6 heteroatoms. The Morgan fingerprint density at radius 2 is 1.92 bits per heavy atom. The summed E-state index contributed by atoms with van der Waals surface area (Å²) in [7, 11) is 0. The number of aromatic nitrogens is 1. The van der Waals surface area contributed by atoms with Crippen LogP contribution in [0, 0.1) is 11.6 Å². The zero-order valence-corrected chi connectivity index (χ0v) is 13.0. The quantitative estimate of drug-likeness (QED) is 0.686. The molecule has 124 valence electrons. The number of nitrogens with zero attached hydrogens (tertiary/aromatic N) is 1. The van der Waals surface area contributed by atoms with Crippen LogP contribution < -0.4 is 10.6 Å². The van der Waals surface area contributed by atoms with Crippen LogP contribution in [0.5, 0.6) is 0 Å². The number of anilines is 3. The molecule has 2 N–H and O–H groups in total. The van der Waals surface area contributed by atoms with Crippen LogP contribution in [0.3, 0.4) is 0 Å². The molecule has 25 heavy (non-hydrogen) atoms. The summed E-state index contributed by atoms with van der Waals surface area (Å²) in [5.74, 6) is -1.50. The predicted molar refractivity (Wildman–Crippen MR) is 91.1 cm³/mol. The third-order valence-electron chi connectivity index (χ3n) is 4.09. The molecule has 0 bridgehead atoms. The number of pyridine rings is 1. The first-order chi connectivity index (χ1) is 12.1. The van der Waals surface area contributed by atoms with Crippen LogP contribution >= 0.6 is 0 Å². The van der Waals surface area contributed by atoms with E-state index in [1.807, 2.05) is 18.2 Å². The zero-order valence-electron chi connectivity index (χ0n) is 13.0. The summed E-state index contributed by atoms with van der Waals surface area (Å²) in [5.41, 5.74) is 2.29. The number of hydrogen-bond donors (Lipinski definition) is 2. The standard InChI is InChI=1S/C19H13F2N3O/c20-12-6-7-13(15(21)9-12)18(25)14-4-1-5-16-17(14)24-19-11(10-23-16)3-2-8-22-19/h1-9,23H,10H2,(H,22,24). The summed E-state index contributed by atoms with van der Waals surface area (Å²) in [6.07, 6.45) is 1.65. The first kappa shape index (κ1) is 15.3. The Morgan fingerprint density at radius 3 is 2.76 bits per heavy atom. The van der Waals surface area contributed by atoms with Gasteiger partial charge in [0.15, 0.2) is 5.78 Å². The second-order valence-electron chi connectivity index (χ2n) is 5.67. The second kappa shape index (κ2) is 5.98. The van der Waals surface area contributed by atoms with Crippen molar-refractivity contribution in [2.45, 2.75) is 6.54 Å². The van der Waals surface area contributed by atoms with Crippen LogP contribution in [-0.4, -0.2) is 10.8 Å². The lowest BCUT2D eigenvalue weighted by Crippen LogP contribution is -2.09. The number of nitrogens with one attached hydrogen (secondary N) is 2. The Morgan fingerprint density at radius 1 is 1.04 bits per heavy atom. The van der Waals surface area contributed by atoms with Gasteiger partial charge in [0.2, 0.25) is 0 Å². The van der Waals surface area contributed by atoms with Crippen LogP contribution in [0.2, 0.25) is 0 Å². The fourth-order valence-corrected chi connectivity index (χ4v) is 2.84. The average molecular weight is 337 g/mol. The second-order valence-corrected chi connectivity index (χ2v) is 5.67. The van der Waals surface area contributed by atoms with Gasteiger partial charge in [-0.15, -0.1) is 0 Å². The smallest absolute Gasteiger partial charge is 0.198 e. The highest BCUT2D eigenvalue weighted by molar-refractivity contribution is 6.14. The third-order valence-corrected chi connectivity index (χ3v) is 4.09. The summed E-state index contributed by atoms with van der Waals surface area (Å²) in [5, 5.41) is 6.41. The van der Waals surface area contributed by atoms with Gasteiger partial charge in [-0.05, 0) is 30.3 Å². The minimum Gasteiger partial charge on any atom is -0.379 e. The van der Waals surface area contributed by atoms with Crippen molar-refractivity contribution in [1.82, 2.24) is 4.98 Å². The molecule has 0 amide bonds. The maximum atomic E-state index is 14.0. The first-order valence-electron chi connectivity index (χ1n) is 7.71. The molecule has 1 aromatic heterocycles. The van der Waals surface area contributed by atoms with Gasteiger partial charge < -0.3 is 10.6 Å². The molecular weight excluding hydrogens is 324 g/mol. The van der Waals surface area contributed by atoms with Gasteiger partial charge in [0.25, 0.3) is 0 Å². The maximum Gasteiger partial charge on any atom is 0.198 e. The van der Waals surface area contributed by atoms with Gasteiger partial charge in [-0.3, -0.25) is 4.79 Å². The molecule has 0 fully saturated rings. The molecule has 3 aromatic rings. The van der Waals surface area contributed by atoms with Gasteiger partial charge in [0, 0.05) is 29.9 Å². The van der Waals surface area contributed by atoms with E-state index in [4.69, 9.17) is 0 Å². The van der Waals surface area contributed by atoms with Gasteiger partial charge in [0.1, 0.15) is 17.5 Å². The Balaban J connectivity index is 1.82. The normalized spacial score (nSPS) is 12.2. The van der Waals surface area contributed by atoms with Crippen LogP contribution in [0.15, 0.2) is 54.7 Å². The van der Waals surface area contributed by atoms with Crippen molar-refractivity contribution in [3.8, 4) is 0 Å². The number of hydrogen-bond acceptors (Lipinski definition) is 4. The average Bonchev–Trinajstić information content (AvgIpc) is 2.80. The number of ketones is 1. The van der Waals surface area contributed by atoms with Gasteiger partial charge in [-0.1, -0.05) is 12.1 Å². The number of fused-ring (bicyclic) bond motifs is 2. The molecule has 2 heterocycles. The largest absolute Gasteiger partial charge is 0.379 e. The highest BCUT2D eigenvalue weighted by Crippen LogP contribution is 2.34. The van der Waals surface area contributed by atoms with Crippen LogP contribution in [0.4, 0.5) is 26.0 Å². The zero-order chi connectivity index (χ0) is 17.4. The van der Waals surface area contributed by atoms with E-state index in [0.29, 0.717) is 29.8 Å². The van der Waals surface area contributed by atoms with Gasteiger partial charge in [-0.2, -0.15) is 0 Å². The highest BCUT2D eigenvalue weighted by atomic mass is 19.1. The van der Waals surface area contributed by atoms with E-state index >= 15 is 0 Å². The van der Waals surface area contributed by atoms with E-state index in [0.717, 1.165) is 17.7 Å². The summed E-state index contributed by atoms with van der Waals surface area (Å²) in [6, 6.07) is 11.8. The van der Waals surface area contributed by atoms with Crippen molar-refractivity contribution in [3.63, 3.8) is 0 Å². The van der Waals surface area contributed by atoms with Crippen LogP contribution in [0.25, 0.3) is 0 Å². The molecule has 1 aliphatic rings. The van der Waals surface area contributed by atoms with Gasteiger partial charge >= 0.3 is 0 Å². The number of halogens is 2. The van der Waals surface area contributed by atoms with Crippen molar-refractivity contribution in [3.05, 3.63) is 83.1 Å². The van der Waals surface area contributed by atoms with E-state index < -0.39 is 17.4 Å². The molecule has 2 aromatic carbocycles. The molecule has 1 aliphatic heterocycles. The van der Waals surface area contributed by atoms with Crippen LogP contribution in [-0.2, 0) is 6.54 Å². The van der Waals surface area contributed by atoms with Crippen molar-refractivity contribution in [2.75, 3.05) is 10.6 Å². The third kappa shape index (κ3) is 2.71. The van der Waals surface area contributed by atoms with Gasteiger partial charge in [-0.25, -0.2) is 13.8 Å². The molecule has 0 spiro atoms. The van der Waals surface area contributed by atoms with E-state index in [2.05, 4.69) is 15.6 Å². The molecule has 0 saturated carbocycles. The molecule has 4 rings (SSSR count). The van der Waals surface area contributed by atoms with E-state index in [9.17, 15) is 13.6 Å². The molecule has 0 unspecified atom stereocenters. The molecule has 0 radical (unpaired) electrons. The minimum atomic E-state index is -0.886. The molecule has 0 aliphatic carbocycles. The lowest BCUT2D eigenvalue weighted by atomic mass is 10.00. The Kier molecular flexibility index (Phi) is 3.65. The van der Waals surface area contributed by atoms with Crippen molar-refractivity contribution >= 4 is 23.0 Å². The summed E-state index contributed by atoms with van der Waals surface area (Å²) in [6.45, 7) is 0.547. The van der Waals surface area contributed by atoms with E-state index in [1.54, 1.807) is 18.3 Å². The Hall–Kier alpha value is -3.28. The lowest BCUT2D eigenvalue weighted by molar-refractivity contribution is 0.103. The highest BCUT2D eigenvalue weighted by Gasteiger charge is 2.22. The number of benzene rings is 2. The Bertz CT molecular complexity index is 988. The van der Waals surface area contributed by atoms with Crippen molar-refractivity contribution in [1.29, 1.82) is 0 Å². The molecule has 4 nitrogen and oxygen atoms in total. The lowest BCUT2D eigenvalue weighted by Gasteiger charge is -2.14. The summed E-state index contributed by atoms with van der Waals surface area (Å²) in [4.78, 5) is 17.1. The number of para-hydroxylation sites is 1. The number of carbonyl (C=O) groups is 1. The summed E-state index contributed by atoms with van der Waals surface area (Å²) >= 11 is 0. The van der Waals surface area contributed by atoms with Crippen LogP contribution in [0.1, 0.15) is 21.5 Å². The molecular formula is C19H13F2N3O. The molecule has 0 saturated heterocycles. The maximum absolute atomic E-state index is 14.0. The fraction of sp³-hybridized carbons (Fsp3) is 0.0526. The number of carbonyl (C=O) groups excluding carboxylic acids is 1. The predicted octanol–water partition coefficient (Wildman–Crippen LogP) is 4.26. The van der Waals surface area contributed by atoms with E-state index in [1.165, 1.54) is 0 Å². The molecule has 0 atom stereocenters. The SMILES string of the molecule is O=C(c1ccc(F)cc1F)c1cccc2c1Nc1ncccc1CN2. The van der Waals surface area contributed by atoms with E-state index in [-0.39, 0.29) is 11.1 Å². The monoisotopic (exact) mass is 337 g/mol. The number of rotatable bonds is 2. The minimum absolute atomic E-state index is 0.179. The van der Waals surface area contributed by atoms with Crippen molar-refractivity contribution < 1.29 is 13.6 Å². The topological polar surface area (TPSA) is 54.0 Å². The fourth-order valence-electron chi connectivity index (χ4n) is 2.84. The van der Waals surface area contributed by atoms with Gasteiger partial charge in [0.05, 0.1) is 16.9 Å². The van der Waals surface area contributed by atoms with Crippen molar-refractivity contribution in [2.24, 2.45) is 0 Å².